The Hall–Kier alpha value is -1.89. The van der Waals surface area contributed by atoms with Gasteiger partial charge in [-0.25, -0.2) is 9.59 Å². The molecule has 6 nitrogen and oxygen atoms in total. The van der Waals surface area contributed by atoms with Crippen LogP contribution in [0.15, 0.2) is 17.5 Å². The zero-order valence-corrected chi connectivity index (χ0v) is 14.4. The van der Waals surface area contributed by atoms with Crippen LogP contribution in [0.3, 0.4) is 0 Å². The average Bonchev–Trinajstić information content (AvgIpc) is 2.99. The van der Waals surface area contributed by atoms with Crippen molar-refractivity contribution in [3.63, 3.8) is 0 Å². The molecule has 1 saturated heterocycles. The third-order valence-corrected chi connectivity index (χ3v) is 4.17. The Bertz CT molecular complexity index is 568. The molecule has 0 radical (unpaired) electrons. The van der Waals surface area contributed by atoms with Gasteiger partial charge in [0.15, 0.2) is 0 Å². The Kier molecular flexibility index (Phi) is 5.41. The van der Waals surface area contributed by atoms with Gasteiger partial charge in [-0.3, -0.25) is 4.79 Å². The van der Waals surface area contributed by atoms with Crippen molar-refractivity contribution in [3.05, 3.63) is 22.4 Å². The summed E-state index contributed by atoms with van der Waals surface area (Å²) < 4.78 is 10.6. The quantitative estimate of drug-likeness (QED) is 0.481. The van der Waals surface area contributed by atoms with Crippen molar-refractivity contribution in [2.24, 2.45) is 0 Å². The highest BCUT2D eigenvalue weighted by molar-refractivity contribution is 7.12. The Labute approximate surface area is 139 Å². The first-order valence-electron chi connectivity index (χ1n) is 7.53. The first kappa shape index (κ1) is 17.5. The first-order valence-corrected chi connectivity index (χ1v) is 8.41. The Morgan fingerprint density at radius 2 is 1.87 bits per heavy atom. The summed E-state index contributed by atoms with van der Waals surface area (Å²) in [5, 5.41) is 1.74. The van der Waals surface area contributed by atoms with Crippen molar-refractivity contribution >= 4 is 29.2 Å². The summed E-state index contributed by atoms with van der Waals surface area (Å²) >= 11 is 1.21. The van der Waals surface area contributed by atoms with Gasteiger partial charge in [-0.2, -0.15) is 0 Å². The van der Waals surface area contributed by atoms with Crippen LogP contribution in [0, 0.1) is 0 Å². The molecule has 0 atom stereocenters. The van der Waals surface area contributed by atoms with Crippen molar-refractivity contribution in [1.82, 2.24) is 4.90 Å². The Balaban J connectivity index is 1.80. The van der Waals surface area contributed by atoms with E-state index in [0.717, 1.165) is 0 Å². The fraction of sp³-hybridized carbons (Fsp3) is 0.562. The van der Waals surface area contributed by atoms with Gasteiger partial charge in [0.25, 0.3) is 5.78 Å². The number of carbonyl (C=O) groups excluding carboxylic acids is 3. The lowest BCUT2D eigenvalue weighted by Crippen LogP contribution is -2.44. The number of ketones is 1. The van der Waals surface area contributed by atoms with Crippen LogP contribution < -0.4 is 0 Å². The number of piperidine rings is 1. The van der Waals surface area contributed by atoms with E-state index in [0.29, 0.717) is 30.8 Å². The second-order valence-corrected chi connectivity index (χ2v) is 7.33. The van der Waals surface area contributed by atoms with Crippen LogP contribution in [-0.4, -0.2) is 47.5 Å². The van der Waals surface area contributed by atoms with Crippen molar-refractivity contribution < 1.29 is 23.9 Å². The molecule has 2 rings (SSSR count). The summed E-state index contributed by atoms with van der Waals surface area (Å²) in [6.07, 6.45) is 0.299. The van der Waals surface area contributed by atoms with Gasteiger partial charge in [0.2, 0.25) is 0 Å². The van der Waals surface area contributed by atoms with E-state index in [-0.39, 0.29) is 12.2 Å². The molecule has 1 fully saturated rings. The summed E-state index contributed by atoms with van der Waals surface area (Å²) in [5.74, 6) is -1.45. The first-order chi connectivity index (χ1) is 10.8. The van der Waals surface area contributed by atoms with Gasteiger partial charge in [0.1, 0.15) is 11.7 Å². The van der Waals surface area contributed by atoms with Crippen LogP contribution in [0.4, 0.5) is 4.79 Å². The van der Waals surface area contributed by atoms with Crippen molar-refractivity contribution in [2.75, 3.05) is 13.1 Å². The normalized spacial score (nSPS) is 16.0. The molecule has 0 saturated carbocycles. The van der Waals surface area contributed by atoms with Crippen molar-refractivity contribution in [1.29, 1.82) is 0 Å². The van der Waals surface area contributed by atoms with E-state index < -0.39 is 17.4 Å². The molecular weight excluding hydrogens is 318 g/mol. The lowest BCUT2D eigenvalue weighted by atomic mass is 10.1. The Morgan fingerprint density at radius 3 is 2.39 bits per heavy atom. The lowest BCUT2D eigenvalue weighted by Gasteiger charge is -2.33. The van der Waals surface area contributed by atoms with E-state index in [9.17, 15) is 14.4 Å². The molecule has 0 N–H and O–H groups in total. The molecule has 0 unspecified atom stereocenters. The largest absolute Gasteiger partial charge is 0.456 e. The van der Waals surface area contributed by atoms with Crippen molar-refractivity contribution in [3.8, 4) is 0 Å². The van der Waals surface area contributed by atoms with Crippen LogP contribution in [-0.2, 0) is 14.3 Å². The monoisotopic (exact) mass is 339 g/mol. The van der Waals surface area contributed by atoms with E-state index in [4.69, 9.17) is 9.47 Å². The standard InChI is InChI=1S/C16H21NO5S/c1-16(2,3)22-15(20)17-8-6-11(7-9-17)21-14(19)13(18)12-5-4-10-23-12/h4-5,10-11H,6-9H2,1-3H3. The van der Waals surface area contributed by atoms with Crippen molar-refractivity contribution in [2.45, 2.75) is 45.3 Å². The fourth-order valence-corrected chi connectivity index (χ4v) is 2.85. The van der Waals surface area contributed by atoms with Crippen LogP contribution in [0.25, 0.3) is 0 Å². The van der Waals surface area contributed by atoms with E-state index in [2.05, 4.69) is 0 Å². The van der Waals surface area contributed by atoms with Crippen LogP contribution in [0.2, 0.25) is 0 Å². The number of nitrogens with zero attached hydrogens (tertiary/aromatic N) is 1. The summed E-state index contributed by atoms with van der Waals surface area (Å²) in [7, 11) is 0. The smallest absolute Gasteiger partial charge is 0.410 e. The number of rotatable bonds is 3. The molecular formula is C16H21NO5S. The Morgan fingerprint density at radius 1 is 1.22 bits per heavy atom. The molecule has 2 heterocycles. The number of Topliss-reactive ketones (excluding diaryl/α,β-unsaturated/α-hetero) is 1. The highest BCUT2D eigenvalue weighted by Gasteiger charge is 2.30. The topological polar surface area (TPSA) is 72.9 Å². The zero-order chi connectivity index (χ0) is 17.0. The average molecular weight is 339 g/mol. The summed E-state index contributed by atoms with van der Waals surface area (Å²) in [6.45, 7) is 6.33. The number of esters is 1. The number of thiophene rings is 1. The minimum atomic E-state index is -0.830. The molecule has 1 aliphatic heterocycles. The van der Waals surface area contributed by atoms with Gasteiger partial charge in [0.05, 0.1) is 4.88 Å². The third-order valence-electron chi connectivity index (χ3n) is 3.30. The fourth-order valence-electron chi connectivity index (χ4n) is 2.20. The summed E-state index contributed by atoms with van der Waals surface area (Å²) in [6, 6.07) is 3.31. The number of likely N-dealkylation sites (tertiary alicyclic amines) is 1. The highest BCUT2D eigenvalue weighted by Crippen LogP contribution is 2.18. The maximum atomic E-state index is 11.9. The minimum absolute atomic E-state index is 0.343. The SMILES string of the molecule is CC(C)(C)OC(=O)N1CCC(OC(=O)C(=O)c2cccs2)CC1. The molecule has 0 bridgehead atoms. The second-order valence-electron chi connectivity index (χ2n) is 6.38. The maximum Gasteiger partial charge on any atom is 0.410 e. The molecule has 126 valence electrons. The molecule has 1 amide bonds. The number of amides is 1. The number of hydrogen-bond acceptors (Lipinski definition) is 6. The van der Waals surface area contributed by atoms with Crippen LogP contribution >= 0.6 is 11.3 Å². The van der Waals surface area contributed by atoms with E-state index in [1.807, 2.05) is 20.8 Å². The number of hydrogen-bond donors (Lipinski definition) is 0. The summed E-state index contributed by atoms with van der Waals surface area (Å²) in [4.78, 5) is 37.6. The molecule has 23 heavy (non-hydrogen) atoms. The lowest BCUT2D eigenvalue weighted by molar-refractivity contribution is -0.145. The predicted molar refractivity (Wildman–Crippen MR) is 85.6 cm³/mol. The van der Waals surface area contributed by atoms with Crippen LogP contribution in [0.5, 0.6) is 0 Å². The van der Waals surface area contributed by atoms with Gasteiger partial charge in [-0.1, -0.05) is 6.07 Å². The molecule has 1 aromatic rings. The maximum absolute atomic E-state index is 11.9. The minimum Gasteiger partial charge on any atom is -0.456 e. The predicted octanol–water partition coefficient (Wildman–Crippen LogP) is 2.87. The molecule has 0 aliphatic carbocycles. The van der Waals surface area contributed by atoms with E-state index >= 15 is 0 Å². The molecule has 1 aliphatic rings. The van der Waals surface area contributed by atoms with Crippen LogP contribution in [0.1, 0.15) is 43.3 Å². The molecule has 1 aromatic heterocycles. The van der Waals surface area contributed by atoms with Gasteiger partial charge in [0, 0.05) is 25.9 Å². The van der Waals surface area contributed by atoms with E-state index in [1.54, 1.807) is 22.4 Å². The molecule has 0 aromatic carbocycles. The van der Waals surface area contributed by atoms with Gasteiger partial charge in [-0.15, -0.1) is 11.3 Å². The van der Waals surface area contributed by atoms with Gasteiger partial charge >= 0.3 is 12.1 Å². The molecule has 0 spiro atoms. The third kappa shape index (κ3) is 5.06. The number of carbonyl (C=O) groups is 3. The zero-order valence-electron chi connectivity index (χ0n) is 13.5. The highest BCUT2D eigenvalue weighted by atomic mass is 32.1. The summed E-state index contributed by atoms with van der Waals surface area (Å²) in [5.41, 5.74) is -0.534. The molecule has 7 heteroatoms. The van der Waals surface area contributed by atoms with Gasteiger partial charge in [-0.05, 0) is 32.2 Å². The number of ether oxygens (including phenoxy) is 2. The van der Waals surface area contributed by atoms with E-state index in [1.165, 1.54) is 11.3 Å². The van der Waals surface area contributed by atoms with Gasteiger partial charge < -0.3 is 14.4 Å². The second kappa shape index (κ2) is 7.12.